The van der Waals surface area contributed by atoms with Crippen molar-refractivity contribution >= 4 is 18.5 Å². The smallest absolute Gasteiger partial charge is 0.399 e. The van der Waals surface area contributed by atoms with Gasteiger partial charge in [-0.1, -0.05) is 12.1 Å². The topological polar surface area (TPSA) is 38.8 Å². The Morgan fingerprint density at radius 1 is 1.17 bits per heavy atom. The number of rotatable bonds is 3. The average molecular weight is 313 g/mol. The molecule has 0 unspecified atom stereocenters. The van der Waals surface area contributed by atoms with Crippen LogP contribution in [0.1, 0.15) is 56.5 Å². The lowest BCUT2D eigenvalue weighted by molar-refractivity contribution is 0.00578. The van der Waals surface area contributed by atoms with E-state index in [1.54, 1.807) is 0 Å². The first-order valence-electron chi connectivity index (χ1n) is 8.55. The molecule has 0 radical (unpaired) electrons. The van der Waals surface area contributed by atoms with Crippen molar-refractivity contribution < 1.29 is 14.1 Å². The summed E-state index contributed by atoms with van der Waals surface area (Å²) in [6.07, 6.45) is 2.51. The van der Waals surface area contributed by atoms with Gasteiger partial charge in [-0.25, -0.2) is 0 Å². The zero-order valence-electron chi connectivity index (χ0n) is 14.4. The molecule has 5 heteroatoms. The molecular formula is C18H24BNO3. The van der Waals surface area contributed by atoms with Crippen molar-refractivity contribution in [2.45, 2.75) is 58.3 Å². The van der Waals surface area contributed by atoms with Gasteiger partial charge in [0.25, 0.3) is 5.91 Å². The third kappa shape index (κ3) is 2.41. The van der Waals surface area contributed by atoms with E-state index in [0.717, 1.165) is 23.1 Å². The fourth-order valence-electron chi connectivity index (χ4n) is 3.36. The van der Waals surface area contributed by atoms with Crippen LogP contribution >= 0.6 is 0 Å². The van der Waals surface area contributed by atoms with Crippen molar-refractivity contribution in [2.75, 3.05) is 6.54 Å². The predicted octanol–water partition coefficient (Wildman–Crippen LogP) is 2.35. The van der Waals surface area contributed by atoms with Gasteiger partial charge in [-0.2, -0.15) is 0 Å². The Balaban J connectivity index is 1.64. The van der Waals surface area contributed by atoms with Crippen LogP contribution in [-0.2, 0) is 15.9 Å². The van der Waals surface area contributed by atoms with Crippen LogP contribution in [0.25, 0.3) is 0 Å². The van der Waals surface area contributed by atoms with E-state index in [4.69, 9.17) is 9.31 Å². The van der Waals surface area contributed by atoms with Crippen LogP contribution in [0.3, 0.4) is 0 Å². The quantitative estimate of drug-likeness (QED) is 0.804. The van der Waals surface area contributed by atoms with Gasteiger partial charge in [-0.05, 0) is 63.5 Å². The van der Waals surface area contributed by atoms with E-state index in [-0.39, 0.29) is 17.1 Å². The maximum atomic E-state index is 12.6. The van der Waals surface area contributed by atoms with E-state index >= 15 is 0 Å². The van der Waals surface area contributed by atoms with Gasteiger partial charge in [0.2, 0.25) is 0 Å². The summed E-state index contributed by atoms with van der Waals surface area (Å²) in [4.78, 5) is 14.6. The SMILES string of the molecule is CC1(C)OB(c2cccc3c2CN(CC2CC2)C3=O)OC1(C)C. The average Bonchev–Trinajstić information content (AvgIpc) is 3.18. The van der Waals surface area contributed by atoms with E-state index in [9.17, 15) is 4.79 Å². The molecule has 0 spiro atoms. The van der Waals surface area contributed by atoms with Crippen LogP contribution in [0.5, 0.6) is 0 Å². The fourth-order valence-corrected chi connectivity index (χ4v) is 3.36. The van der Waals surface area contributed by atoms with Gasteiger partial charge >= 0.3 is 7.12 Å². The Labute approximate surface area is 138 Å². The Bertz CT molecular complexity index is 650. The van der Waals surface area contributed by atoms with Crippen LogP contribution in [-0.4, -0.2) is 35.7 Å². The molecule has 1 aliphatic carbocycles. The largest absolute Gasteiger partial charge is 0.495 e. The molecule has 2 heterocycles. The molecule has 23 heavy (non-hydrogen) atoms. The van der Waals surface area contributed by atoms with Crippen LogP contribution in [0, 0.1) is 5.92 Å². The highest BCUT2D eigenvalue weighted by atomic mass is 16.7. The van der Waals surface area contributed by atoms with Crippen molar-refractivity contribution in [1.82, 2.24) is 4.90 Å². The van der Waals surface area contributed by atoms with E-state index < -0.39 is 7.12 Å². The molecule has 0 bridgehead atoms. The Morgan fingerprint density at radius 2 is 1.83 bits per heavy atom. The minimum atomic E-state index is -0.399. The molecule has 0 atom stereocenters. The highest BCUT2D eigenvalue weighted by Crippen LogP contribution is 2.38. The van der Waals surface area contributed by atoms with E-state index in [2.05, 4.69) is 27.7 Å². The number of nitrogens with zero attached hydrogens (tertiary/aromatic N) is 1. The summed E-state index contributed by atoms with van der Waals surface area (Å²) >= 11 is 0. The second-order valence-corrected chi connectivity index (χ2v) is 8.09. The Morgan fingerprint density at radius 3 is 2.43 bits per heavy atom. The monoisotopic (exact) mass is 313 g/mol. The number of amides is 1. The number of hydrogen-bond donors (Lipinski definition) is 0. The summed E-state index contributed by atoms with van der Waals surface area (Å²) in [6, 6.07) is 5.91. The maximum absolute atomic E-state index is 12.6. The summed E-state index contributed by atoms with van der Waals surface area (Å²) in [5.41, 5.74) is 2.18. The molecule has 4 rings (SSSR count). The lowest BCUT2D eigenvalue weighted by Gasteiger charge is -2.32. The second-order valence-electron chi connectivity index (χ2n) is 8.09. The van der Waals surface area contributed by atoms with Crippen molar-refractivity contribution in [3.63, 3.8) is 0 Å². The Hall–Kier alpha value is -1.33. The van der Waals surface area contributed by atoms with Crippen LogP contribution in [0.2, 0.25) is 0 Å². The molecule has 122 valence electrons. The van der Waals surface area contributed by atoms with E-state index in [1.807, 2.05) is 23.1 Å². The molecule has 0 aromatic heterocycles. The molecule has 2 aliphatic heterocycles. The van der Waals surface area contributed by atoms with Gasteiger partial charge in [-0.15, -0.1) is 0 Å². The number of benzene rings is 1. The lowest BCUT2D eigenvalue weighted by Crippen LogP contribution is -2.41. The minimum Gasteiger partial charge on any atom is -0.399 e. The normalized spacial score (nSPS) is 25.1. The zero-order valence-corrected chi connectivity index (χ0v) is 14.4. The van der Waals surface area contributed by atoms with Gasteiger partial charge in [0.15, 0.2) is 0 Å². The van der Waals surface area contributed by atoms with Gasteiger partial charge in [-0.3, -0.25) is 4.79 Å². The Kier molecular flexibility index (Phi) is 3.20. The maximum Gasteiger partial charge on any atom is 0.495 e. The molecule has 1 saturated heterocycles. The molecule has 4 nitrogen and oxygen atoms in total. The molecule has 3 aliphatic rings. The van der Waals surface area contributed by atoms with Gasteiger partial charge in [0.05, 0.1) is 11.2 Å². The van der Waals surface area contributed by atoms with E-state index in [1.165, 1.54) is 12.8 Å². The zero-order chi connectivity index (χ0) is 16.4. The van der Waals surface area contributed by atoms with Gasteiger partial charge < -0.3 is 14.2 Å². The highest BCUT2D eigenvalue weighted by Gasteiger charge is 2.52. The van der Waals surface area contributed by atoms with Crippen LogP contribution in [0.4, 0.5) is 0 Å². The highest BCUT2D eigenvalue weighted by molar-refractivity contribution is 6.62. The summed E-state index contributed by atoms with van der Waals surface area (Å²) in [5.74, 6) is 0.860. The number of carbonyl (C=O) groups excluding carboxylic acids is 1. The second kappa shape index (κ2) is 4.84. The predicted molar refractivity (Wildman–Crippen MR) is 89.6 cm³/mol. The molecule has 1 aromatic carbocycles. The molecule has 1 amide bonds. The number of carbonyl (C=O) groups is 1. The van der Waals surface area contributed by atoms with Crippen molar-refractivity contribution in [1.29, 1.82) is 0 Å². The lowest BCUT2D eigenvalue weighted by atomic mass is 9.75. The van der Waals surface area contributed by atoms with Gasteiger partial charge in [0, 0.05) is 18.7 Å². The standard InChI is InChI=1S/C18H24BNO3/c1-17(2)18(3,4)23-19(22-17)15-7-5-6-13-14(15)11-20(16(13)21)10-12-8-9-12/h5-7,12H,8-11H2,1-4H3. The first-order chi connectivity index (χ1) is 10.8. The summed E-state index contributed by atoms with van der Waals surface area (Å²) in [7, 11) is -0.399. The molecule has 0 N–H and O–H groups in total. The van der Waals surface area contributed by atoms with Crippen LogP contribution in [0.15, 0.2) is 18.2 Å². The number of fused-ring (bicyclic) bond motifs is 1. The first kappa shape index (κ1) is 15.2. The minimum absolute atomic E-state index is 0.158. The van der Waals surface area contributed by atoms with E-state index in [0.29, 0.717) is 12.5 Å². The fraction of sp³-hybridized carbons (Fsp3) is 0.611. The third-order valence-corrected chi connectivity index (χ3v) is 5.76. The van der Waals surface area contributed by atoms with Crippen molar-refractivity contribution in [3.8, 4) is 0 Å². The summed E-state index contributed by atoms with van der Waals surface area (Å²) < 4.78 is 12.4. The molecular weight excluding hydrogens is 289 g/mol. The van der Waals surface area contributed by atoms with Crippen molar-refractivity contribution in [3.05, 3.63) is 29.3 Å². The third-order valence-electron chi connectivity index (χ3n) is 5.76. The molecule has 2 fully saturated rings. The summed E-state index contributed by atoms with van der Waals surface area (Å²) in [5, 5.41) is 0. The van der Waals surface area contributed by atoms with Crippen LogP contribution < -0.4 is 5.46 Å². The molecule has 1 aromatic rings. The number of hydrogen-bond acceptors (Lipinski definition) is 3. The first-order valence-corrected chi connectivity index (χ1v) is 8.55. The van der Waals surface area contributed by atoms with Crippen molar-refractivity contribution in [2.24, 2.45) is 5.92 Å². The molecule has 1 saturated carbocycles. The summed E-state index contributed by atoms with van der Waals surface area (Å²) in [6.45, 7) is 9.80. The van der Waals surface area contributed by atoms with Gasteiger partial charge in [0.1, 0.15) is 0 Å².